The van der Waals surface area contributed by atoms with E-state index in [1.165, 1.54) is 42.7 Å². The Kier molecular flexibility index (Phi) is 5.76. The van der Waals surface area contributed by atoms with Crippen molar-refractivity contribution in [2.75, 3.05) is 4.90 Å². The van der Waals surface area contributed by atoms with E-state index in [-0.39, 0.29) is 5.41 Å². The Morgan fingerprint density at radius 3 is 2.08 bits per heavy atom. The van der Waals surface area contributed by atoms with Crippen LogP contribution < -0.4 is 4.90 Å². The molecule has 4 heterocycles. The van der Waals surface area contributed by atoms with Gasteiger partial charge in [0.25, 0.3) is 0 Å². The van der Waals surface area contributed by atoms with Gasteiger partial charge in [-0.15, -0.1) is 11.3 Å². The molecule has 0 aliphatic carbocycles. The molecule has 0 atom stereocenters. The molecule has 1 aliphatic rings. The molecule has 0 bridgehead atoms. The van der Waals surface area contributed by atoms with Crippen LogP contribution in [0.4, 0.5) is 17.1 Å². The lowest BCUT2D eigenvalue weighted by molar-refractivity contribution is 0.647. The Morgan fingerprint density at radius 1 is 0.583 bits per heavy atom. The number of benzene rings is 6. The highest BCUT2D eigenvalue weighted by Crippen LogP contribution is 2.58. The van der Waals surface area contributed by atoms with Crippen LogP contribution in [-0.4, -0.2) is 14.5 Å². The molecule has 1 aliphatic heterocycles. The van der Waals surface area contributed by atoms with Gasteiger partial charge in [0, 0.05) is 43.1 Å². The van der Waals surface area contributed by atoms with Crippen LogP contribution in [-0.2, 0) is 5.41 Å². The monoisotopic (exact) mass is 634 g/mol. The molecule has 0 N–H and O–H groups in total. The summed E-state index contributed by atoms with van der Waals surface area (Å²) in [7, 11) is 0. The Balaban J connectivity index is 1.35. The highest BCUT2D eigenvalue weighted by Gasteiger charge is 2.40. The van der Waals surface area contributed by atoms with Crippen molar-refractivity contribution in [3.63, 3.8) is 0 Å². The molecule has 0 unspecified atom stereocenters. The van der Waals surface area contributed by atoms with Crippen LogP contribution >= 0.6 is 11.3 Å². The number of hydrogen-bond donors (Lipinski definition) is 0. The third-order valence-electron chi connectivity index (χ3n) is 9.93. The molecule has 0 saturated carbocycles. The van der Waals surface area contributed by atoms with E-state index >= 15 is 0 Å². The number of nitrogens with zero attached hydrogens (tertiary/aromatic N) is 4. The summed E-state index contributed by atoms with van der Waals surface area (Å²) in [5, 5.41) is 4.68. The molecule has 3 aromatic heterocycles. The molecule has 0 spiro atoms. The van der Waals surface area contributed by atoms with Gasteiger partial charge >= 0.3 is 0 Å². The maximum absolute atomic E-state index is 5.37. The van der Waals surface area contributed by atoms with E-state index in [1.54, 1.807) is 0 Å². The first-order valence-corrected chi connectivity index (χ1v) is 17.2. The van der Waals surface area contributed by atoms with Crippen LogP contribution in [0.5, 0.6) is 0 Å². The average Bonchev–Trinajstić information content (AvgIpc) is 3.69. The third-order valence-corrected chi connectivity index (χ3v) is 11.5. The van der Waals surface area contributed by atoms with Crippen molar-refractivity contribution in [1.29, 1.82) is 0 Å². The third kappa shape index (κ3) is 3.76. The predicted octanol–water partition coefficient (Wildman–Crippen LogP) is 11.7. The van der Waals surface area contributed by atoms with E-state index in [9.17, 15) is 0 Å². The number of rotatable bonds is 3. The Labute approximate surface area is 282 Å². The Hall–Kier alpha value is -5.78. The first-order valence-electron chi connectivity index (χ1n) is 16.4. The lowest BCUT2D eigenvalue weighted by atomic mass is 9.78. The smallest absolute Gasteiger partial charge is 0.235 e. The summed E-state index contributed by atoms with van der Waals surface area (Å²) < 4.78 is 3.55. The molecule has 9 aromatic rings. The van der Waals surface area contributed by atoms with Crippen LogP contribution in [0.15, 0.2) is 146 Å². The van der Waals surface area contributed by atoms with E-state index in [4.69, 9.17) is 9.97 Å². The van der Waals surface area contributed by atoms with Crippen molar-refractivity contribution < 1.29 is 0 Å². The summed E-state index contributed by atoms with van der Waals surface area (Å²) in [6.07, 6.45) is 0. The minimum Gasteiger partial charge on any atom is -0.308 e. The van der Waals surface area contributed by atoms with Crippen LogP contribution in [0.3, 0.4) is 0 Å². The molecule has 10 rings (SSSR count). The van der Waals surface area contributed by atoms with E-state index in [0.29, 0.717) is 5.95 Å². The molecular formula is C43H30N4S. The number of anilines is 3. The fourth-order valence-electron chi connectivity index (χ4n) is 7.71. The molecule has 0 saturated heterocycles. The largest absolute Gasteiger partial charge is 0.308 e. The highest BCUT2D eigenvalue weighted by atomic mass is 32.1. The summed E-state index contributed by atoms with van der Waals surface area (Å²) in [6.45, 7) is 4.74. The zero-order valence-corrected chi connectivity index (χ0v) is 27.4. The van der Waals surface area contributed by atoms with Crippen LogP contribution in [0.2, 0.25) is 0 Å². The number of fused-ring (bicyclic) bond motifs is 9. The zero-order valence-electron chi connectivity index (χ0n) is 26.6. The fourth-order valence-corrected chi connectivity index (χ4v) is 9.15. The molecule has 0 amide bonds. The number of para-hydroxylation sites is 4. The van der Waals surface area contributed by atoms with Gasteiger partial charge in [-0.05, 0) is 35.9 Å². The Morgan fingerprint density at radius 2 is 1.25 bits per heavy atom. The van der Waals surface area contributed by atoms with Gasteiger partial charge in [-0.25, -0.2) is 9.97 Å². The number of hydrogen-bond acceptors (Lipinski definition) is 4. The summed E-state index contributed by atoms with van der Waals surface area (Å²) in [5.74, 6) is 0.681. The summed E-state index contributed by atoms with van der Waals surface area (Å²) in [5.41, 5.74) is 9.97. The minimum atomic E-state index is -0.190. The van der Waals surface area contributed by atoms with Crippen LogP contribution in [0.1, 0.15) is 24.3 Å². The average molecular weight is 635 g/mol. The van der Waals surface area contributed by atoms with Gasteiger partial charge in [0.15, 0.2) is 0 Å². The normalized spacial score (nSPS) is 13.8. The fraction of sp³-hybridized carbons (Fsp3) is 0.0698. The first-order chi connectivity index (χ1) is 23.6. The van der Waals surface area contributed by atoms with Crippen molar-refractivity contribution in [1.82, 2.24) is 14.5 Å². The predicted molar refractivity (Wildman–Crippen MR) is 202 cm³/mol. The number of aromatic nitrogens is 3. The van der Waals surface area contributed by atoms with Gasteiger partial charge in [-0.1, -0.05) is 129 Å². The molecule has 228 valence electrons. The molecule has 5 heteroatoms. The van der Waals surface area contributed by atoms with E-state index in [0.717, 1.165) is 38.9 Å². The van der Waals surface area contributed by atoms with Gasteiger partial charge in [0.05, 0.1) is 38.3 Å². The molecule has 4 nitrogen and oxygen atoms in total. The van der Waals surface area contributed by atoms with Crippen molar-refractivity contribution in [2.45, 2.75) is 19.3 Å². The summed E-state index contributed by atoms with van der Waals surface area (Å²) in [6, 6.07) is 51.8. The van der Waals surface area contributed by atoms with Gasteiger partial charge in [-0.2, -0.15) is 0 Å². The standard InChI is InChI=1S/C43H30N4S/c1-43(2)33-21-11-14-24-36(33)46(28-17-7-4-8-18-28)39-32-26-25-30-29-19-10-13-23-35(29)47(38(30)40(32)48-41(39)43)42-44-34-22-12-9-20-31(34)37(45-42)27-15-5-3-6-16-27/h3-26H,1-2H3. The van der Waals surface area contributed by atoms with Gasteiger partial charge < -0.3 is 4.90 Å². The molecular weight excluding hydrogens is 605 g/mol. The minimum absolute atomic E-state index is 0.190. The topological polar surface area (TPSA) is 34.0 Å². The van der Waals surface area contributed by atoms with Gasteiger partial charge in [0.1, 0.15) is 0 Å². The zero-order chi connectivity index (χ0) is 32.0. The molecule has 48 heavy (non-hydrogen) atoms. The summed E-state index contributed by atoms with van der Waals surface area (Å²) >= 11 is 1.91. The van der Waals surface area contributed by atoms with E-state index in [1.807, 2.05) is 11.3 Å². The highest BCUT2D eigenvalue weighted by molar-refractivity contribution is 7.21. The second-order valence-electron chi connectivity index (χ2n) is 13.0. The van der Waals surface area contributed by atoms with Crippen molar-refractivity contribution in [3.8, 4) is 17.2 Å². The van der Waals surface area contributed by atoms with Gasteiger partial charge in [-0.3, -0.25) is 4.57 Å². The quantitative estimate of drug-likeness (QED) is 0.194. The second-order valence-corrected chi connectivity index (χ2v) is 14.1. The van der Waals surface area contributed by atoms with Gasteiger partial charge in [0.2, 0.25) is 5.95 Å². The summed E-state index contributed by atoms with van der Waals surface area (Å²) in [4.78, 5) is 14.5. The molecule has 0 radical (unpaired) electrons. The second kappa shape index (κ2) is 10.1. The molecule has 6 aromatic carbocycles. The maximum atomic E-state index is 5.37. The lowest BCUT2D eigenvalue weighted by Crippen LogP contribution is -2.29. The van der Waals surface area contributed by atoms with E-state index < -0.39 is 0 Å². The van der Waals surface area contributed by atoms with Crippen molar-refractivity contribution in [3.05, 3.63) is 156 Å². The first kappa shape index (κ1) is 27.3. The SMILES string of the molecule is CC1(C)c2ccccc2N(c2ccccc2)c2c1sc1c2ccc2c3ccccc3n(-c3nc(-c4ccccc4)c4ccccc4n3)c21. The van der Waals surface area contributed by atoms with Crippen molar-refractivity contribution in [2.24, 2.45) is 0 Å². The molecule has 0 fully saturated rings. The number of thiophene rings is 1. The Bertz CT molecular complexity index is 2700. The van der Waals surface area contributed by atoms with Crippen LogP contribution in [0, 0.1) is 0 Å². The van der Waals surface area contributed by atoms with E-state index in [2.05, 4.69) is 169 Å². The maximum Gasteiger partial charge on any atom is 0.235 e. The van der Waals surface area contributed by atoms with Crippen molar-refractivity contribution >= 4 is 71.2 Å². The lowest BCUT2D eigenvalue weighted by Gasteiger charge is -2.40. The van der Waals surface area contributed by atoms with Crippen LogP contribution in [0.25, 0.3) is 60.0 Å².